The largest absolute Gasteiger partial charge is 0.325 e. The minimum Gasteiger partial charge on any atom is -0.324 e. The number of rotatable bonds is 4. The van der Waals surface area contributed by atoms with Gasteiger partial charge in [-0.3, -0.25) is 24.6 Å². The maximum atomic E-state index is 12.0. The number of benzene rings is 1. The normalized spacial score (nSPS) is 16.2. The van der Waals surface area contributed by atoms with Gasteiger partial charge in [0, 0.05) is 12.1 Å². The highest BCUT2D eigenvalue weighted by molar-refractivity contribution is 6.09. The average Bonchev–Trinajstić information content (AvgIpc) is 2.63. The van der Waals surface area contributed by atoms with E-state index in [1.807, 2.05) is 0 Å². The highest BCUT2D eigenvalue weighted by atomic mass is 16.6. The summed E-state index contributed by atoms with van der Waals surface area (Å²) in [5.41, 5.74) is -0.335. The summed E-state index contributed by atoms with van der Waals surface area (Å²) >= 11 is 0. The summed E-state index contributed by atoms with van der Waals surface area (Å²) < 4.78 is 0. The summed E-state index contributed by atoms with van der Waals surface area (Å²) in [6, 6.07) is 3.41. The molecule has 4 amide bonds. The van der Waals surface area contributed by atoms with Crippen molar-refractivity contribution in [1.29, 1.82) is 0 Å². The summed E-state index contributed by atoms with van der Waals surface area (Å²) in [7, 11) is 0. The van der Waals surface area contributed by atoms with E-state index in [1.165, 1.54) is 32.0 Å². The number of anilines is 1. The van der Waals surface area contributed by atoms with Crippen LogP contribution in [0.4, 0.5) is 16.2 Å². The third kappa shape index (κ3) is 3.28. The predicted octanol–water partition coefficient (Wildman–Crippen LogP) is 1.17. The van der Waals surface area contributed by atoms with Crippen molar-refractivity contribution in [3.8, 4) is 0 Å². The van der Waals surface area contributed by atoms with Crippen LogP contribution >= 0.6 is 0 Å². The molecule has 2 N–H and O–H groups in total. The Labute approximate surface area is 131 Å². The highest BCUT2D eigenvalue weighted by Gasteiger charge is 2.44. The molecule has 1 aromatic carbocycles. The molecular formula is C14H16N4O5. The molecule has 0 aliphatic carbocycles. The quantitative estimate of drug-likeness (QED) is 0.490. The van der Waals surface area contributed by atoms with Gasteiger partial charge in [0.2, 0.25) is 5.91 Å². The van der Waals surface area contributed by atoms with Crippen LogP contribution in [-0.4, -0.2) is 39.8 Å². The molecule has 2 rings (SSSR count). The first-order valence-electron chi connectivity index (χ1n) is 6.81. The molecule has 122 valence electrons. The molecule has 0 radical (unpaired) electrons. The number of hydrogen-bond acceptors (Lipinski definition) is 5. The van der Waals surface area contributed by atoms with E-state index in [0.29, 0.717) is 5.56 Å². The zero-order valence-electron chi connectivity index (χ0n) is 12.9. The van der Waals surface area contributed by atoms with Crippen LogP contribution in [0.5, 0.6) is 0 Å². The van der Waals surface area contributed by atoms with Crippen LogP contribution in [0.3, 0.4) is 0 Å². The standard InChI is InChI=1S/C14H16N4O5/c1-8-4-5-9(18(22)23)6-10(8)15-11(19)7-17-12(20)14(2,3)16-13(17)21/h4-6H,7H2,1-3H3,(H,15,19)(H,16,21). The average molecular weight is 320 g/mol. The van der Waals surface area contributed by atoms with Crippen molar-refractivity contribution in [2.24, 2.45) is 0 Å². The number of hydrogen-bond donors (Lipinski definition) is 2. The Morgan fingerprint density at radius 3 is 2.57 bits per heavy atom. The van der Waals surface area contributed by atoms with Crippen molar-refractivity contribution in [2.45, 2.75) is 26.3 Å². The molecule has 1 saturated heterocycles. The van der Waals surface area contributed by atoms with E-state index in [2.05, 4.69) is 10.6 Å². The first-order chi connectivity index (χ1) is 10.6. The number of nitrogens with zero attached hydrogens (tertiary/aromatic N) is 2. The topological polar surface area (TPSA) is 122 Å². The van der Waals surface area contributed by atoms with E-state index in [0.717, 1.165) is 4.90 Å². The highest BCUT2D eigenvalue weighted by Crippen LogP contribution is 2.22. The summed E-state index contributed by atoms with van der Waals surface area (Å²) in [6.07, 6.45) is 0. The van der Waals surface area contributed by atoms with Gasteiger partial charge in [-0.25, -0.2) is 4.79 Å². The summed E-state index contributed by atoms with van der Waals surface area (Å²) in [5.74, 6) is -1.12. The van der Waals surface area contributed by atoms with Crippen molar-refractivity contribution < 1.29 is 19.3 Å². The number of aryl methyl sites for hydroxylation is 1. The van der Waals surface area contributed by atoms with Crippen molar-refractivity contribution in [2.75, 3.05) is 11.9 Å². The van der Waals surface area contributed by atoms with E-state index < -0.39 is 34.9 Å². The summed E-state index contributed by atoms with van der Waals surface area (Å²) in [5, 5.41) is 15.7. The minimum atomic E-state index is -1.06. The van der Waals surface area contributed by atoms with Crippen LogP contribution < -0.4 is 10.6 Å². The molecule has 0 saturated carbocycles. The molecule has 23 heavy (non-hydrogen) atoms. The van der Waals surface area contributed by atoms with Gasteiger partial charge in [-0.1, -0.05) is 6.07 Å². The van der Waals surface area contributed by atoms with Gasteiger partial charge in [0.25, 0.3) is 11.6 Å². The minimum absolute atomic E-state index is 0.165. The van der Waals surface area contributed by atoms with Crippen LogP contribution in [0.2, 0.25) is 0 Å². The van der Waals surface area contributed by atoms with Gasteiger partial charge >= 0.3 is 6.03 Å². The number of carbonyl (C=O) groups is 3. The van der Waals surface area contributed by atoms with Crippen molar-refractivity contribution >= 4 is 29.2 Å². The number of nitro groups is 1. The monoisotopic (exact) mass is 320 g/mol. The second-order valence-corrected chi connectivity index (χ2v) is 5.75. The zero-order valence-corrected chi connectivity index (χ0v) is 12.9. The predicted molar refractivity (Wildman–Crippen MR) is 80.8 cm³/mol. The molecule has 0 atom stereocenters. The molecule has 1 heterocycles. The molecule has 0 unspecified atom stereocenters. The van der Waals surface area contributed by atoms with Crippen LogP contribution in [0.1, 0.15) is 19.4 Å². The van der Waals surface area contributed by atoms with Crippen LogP contribution in [0, 0.1) is 17.0 Å². The summed E-state index contributed by atoms with van der Waals surface area (Å²) in [4.78, 5) is 46.8. The van der Waals surface area contributed by atoms with Gasteiger partial charge in [-0.05, 0) is 26.3 Å². The van der Waals surface area contributed by atoms with E-state index in [1.54, 1.807) is 6.92 Å². The maximum Gasteiger partial charge on any atom is 0.325 e. The first kappa shape index (κ1) is 16.4. The number of nitro benzene ring substituents is 1. The van der Waals surface area contributed by atoms with E-state index in [9.17, 15) is 24.5 Å². The lowest BCUT2D eigenvalue weighted by Gasteiger charge is -2.16. The molecule has 1 fully saturated rings. The zero-order chi connectivity index (χ0) is 17.4. The van der Waals surface area contributed by atoms with Gasteiger partial charge in [0.05, 0.1) is 10.6 Å². The van der Waals surface area contributed by atoms with Gasteiger partial charge < -0.3 is 10.6 Å². The Hall–Kier alpha value is -2.97. The Morgan fingerprint density at radius 1 is 1.39 bits per heavy atom. The summed E-state index contributed by atoms with van der Waals surface area (Å²) in [6.45, 7) is 4.29. The Morgan fingerprint density at radius 2 is 2.04 bits per heavy atom. The van der Waals surface area contributed by atoms with Gasteiger partial charge in [0.1, 0.15) is 12.1 Å². The van der Waals surface area contributed by atoms with Crippen molar-refractivity contribution in [1.82, 2.24) is 10.2 Å². The number of non-ortho nitro benzene ring substituents is 1. The smallest absolute Gasteiger partial charge is 0.324 e. The number of urea groups is 1. The van der Waals surface area contributed by atoms with Gasteiger partial charge in [0.15, 0.2) is 0 Å². The molecule has 1 aliphatic heterocycles. The first-order valence-corrected chi connectivity index (χ1v) is 6.81. The van der Waals surface area contributed by atoms with Crippen LogP contribution in [-0.2, 0) is 9.59 Å². The van der Waals surface area contributed by atoms with Gasteiger partial charge in [-0.15, -0.1) is 0 Å². The molecule has 1 aromatic rings. The number of imide groups is 1. The molecule has 9 nitrogen and oxygen atoms in total. The SMILES string of the molecule is Cc1ccc([N+](=O)[O-])cc1NC(=O)CN1C(=O)NC(C)(C)C1=O. The molecule has 0 bridgehead atoms. The molecular weight excluding hydrogens is 304 g/mol. The lowest BCUT2D eigenvalue weighted by Crippen LogP contribution is -2.41. The second-order valence-electron chi connectivity index (χ2n) is 5.75. The molecule has 9 heteroatoms. The second kappa shape index (κ2) is 5.67. The maximum absolute atomic E-state index is 12.0. The fourth-order valence-electron chi connectivity index (χ4n) is 2.15. The molecule has 0 aromatic heterocycles. The number of nitrogens with one attached hydrogen (secondary N) is 2. The van der Waals surface area contributed by atoms with Gasteiger partial charge in [-0.2, -0.15) is 0 Å². The molecule has 0 spiro atoms. The van der Waals surface area contributed by atoms with Crippen molar-refractivity contribution in [3.05, 3.63) is 33.9 Å². The van der Waals surface area contributed by atoms with E-state index >= 15 is 0 Å². The Bertz CT molecular complexity index is 713. The van der Waals surface area contributed by atoms with Crippen LogP contribution in [0.15, 0.2) is 18.2 Å². The lowest BCUT2D eigenvalue weighted by atomic mass is 10.1. The Balaban J connectivity index is 2.12. The fraction of sp³-hybridized carbons (Fsp3) is 0.357. The number of carbonyl (C=O) groups excluding carboxylic acids is 3. The van der Waals surface area contributed by atoms with E-state index in [4.69, 9.17) is 0 Å². The fourth-order valence-corrected chi connectivity index (χ4v) is 2.15. The van der Waals surface area contributed by atoms with Crippen LogP contribution in [0.25, 0.3) is 0 Å². The third-order valence-corrected chi connectivity index (χ3v) is 3.45. The number of amides is 4. The third-order valence-electron chi connectivity index (χ3n) is 3.45. The Kier molecular flexibility index (Phi) is 4.04. The van der Waals surface area contributed by atoms with E-state index in [-0.39, 0.29) is 11.4 Å². The lowest BCUT2D eigenvalue weighted by molar-refractivity contribution is -0.384. The molecule has 1 aliphatic rings. The van der Waals surface area contributed by atoms with Crippen molar-refractivity contribution in [3.63, 3.8) is 0 Å².